The number of para-hydroxylation sites is 1. The van der Waals surface area contributed by atoms with Gasteiger partial charge in [0.05, 0.1) is 34.9 Å². The fourth-order valence-electron chi connectivity index (χ4n) is 4.06. The van der Waals surface area contributed by atoms with Gasteiger partial charge in [-0.1, -0.05) is 42.5 Å². The summed E-state index contributed by atoms with van der Waals surface area (Å²) in [7, 11) is 0. The van der Waals surface area contributed by atoms with E-state index in [1.807, 2.05) is 68.6 Å². The number of rotatable bonds is 3. The van der Waals surface area contributed by atoms with Crippen LogP contribution < -0.4 is 4.90 Å². The average Bonchev–Trinajstić information content (AvgIpc) is 2.95. The van der Waals surface area contributed by atoms with Crippen molar-refractivity contribution >= 4 is 28.1 Å². The normalized spacial score (nSPS) is 15.0. The second-order valence-electron chi connectivity index (χ2n) is 7.89. The van der Waals surface area contributed by atoms with Gasteiger partial charge in [-0.05, 0) is 37.1 Å². The summed E-state index contributed by atoms with van der Waals surface area (Å²) in [6, 6.07) is 18.1. The van der Waals surface area contributed by atoms with E-state index in [0.717, 1.165) is 39.0 Å². The Morgan fingerprint density at radius 1 is 0.966 bits per heavy atom. The highest BCUT2D eigenvalue weighted by Gasteiger charge is 2.44. The molecule has 1 aliphatic heterocycles. The van der Waals surface area contributed by atoms with Crippen LogP contribution in [0.1, 0.15) is 30.7 Å². The van der Waals surface area contributed by atoms with Crippen LogP contribution in [0.25, 0.3) is 10.8 Å². The third kappa shape index (κ3) is 2.78. The number of aromatic nitrogens is 3. The predicted octanol–water partition coefficient (Wildman–Crippen LogP) is 4.57. The number of anilines is 2. The number of benzene rings is 2. The SMILES string of the molecule is CC1(C)C(=O)N(c2cncc(Cc3nncc4ccccc34)c2)c2ccccc21. The molecule has 2 aromatic carbocycles. The highest BCUT2D eigenvalue weighted by Crippen LogP contribution is 2.45. The smallest absolute Gasteiger partial charge is 0.241 e. The van der Waals surface area contributed by atoms with Gasteiger partial charge in [-0.2, -0.15) is 10.2 Å². The van der Waals surface area contributed by atoms with Crippen LogP contribution in [0.15, 0.2) is 73.2 Å². The molecule has 0 saturated heterocycles. The first-order chi connectivity index (χ1) is 14.1. The highest BCUT2D eigenvalue weighted by atomic mass is 16.2. The number of amides is 1. The van der Waals surface area contributed by atoms with Gasteiger partial charge in [-0.15, -0.1) is 0 Å². The summed E-state index contributed by atoms with van der Waals surface area (Å²) >= 11 is 0. The van der Waals surface area contributed by atoms with Gasteiger partial charge in [0.2, 0.25) is 5.91 Å². The van der Waals surface area contributed by atoms with Gasteiger partial charge in [-0.25, -0.2) is 0 Å². The molecule has 5 nitrogen and oxygen atoms in total. The maximum Gasteiger partial charge on any atom is 0.241 e. The Hall–Kier alpha value is -3.60. The number of carbonyl (C=O) groups is 1. The Balaban J connectivity index is 1.55. The first kappa shape index (κ1) is 17.5. The summed E-state index contributed by atoms with van der Waals surface area (Å²) in [5, 5.41) is 10.6. The molecule has 29 heavy (non-hydrogen) atoms. The quantitative estimate of drug-likeness (QED) is 0.522. The zero-order valence-corrected chi connectivity index (χ0v) is 16.3. The first-order valence-electron chi connectivity index (χ1n) is 9.63. The summed E-state index contributed by atoms with van der Waals surface area (Å²) in [5.74, 6) is 0.0580. The molecule has 0 bridgehead atoms. The molecule has 2 aromatic heterocycles. The molecule has 1 aliphatic rings. The van der Waals surface area contributed by atoms with Gasteiger partial charge in [0.25, 0.3) is 0 Å². The van der Waals surface area contributed by atoms with E-state index in [0.29, 0.717) is 6.42 Å². The molecule has 0 N–H and O–H groups in total. The minimum atomic E-state index is -0.562. The van der Waals surface area contributed by atoms with E-state index in [1.54, 1.807) is 17.3 Å². The number of fused-ring (bicyclic) bond motifs is 2. The maximum atomic E-state index is 13.2. The summed E-state index contributed by atoms with van der Waals surface area (Å²) in [6.07, 6.45) is 5.94. The van der Waals surface area contributed by atoms with Gasteiger partial charge in [0.1, 0.15) is 0 Å². The van der Waals surface area contributed by atoms with Crippen molar-refractivity contribution in [2.75, 3.05) is 4.90 Å². The third-order valence-corrected chi connectivity index (χ3v) is 5.61. The molecule has 0 spiro atoms. The summed E-state index contributed by atoms with van der Waals surface area (Å²) in [4.78, 5) is 19.4. The lowest BCUT2D eigenvalue weighted by Gasteiger charge is -2.20. The maximum absolute atomic E-state index is 13.2. The lowest BCUT2D eigenvalue weighted by Crippen LogP contribution is -2.33. The van der Waals surface area contributed by atoms with Crippen molar-refractivity contribution in [2.45, 2.75) is 25.7 Å². The second kappa shape index (κ2) is 6.48. The molecule has 1 amide bonds. The van der Waals surface area contributed by atoms with Crippen molar-refractivity contribution in [1.29, 1.82) is 0 Å². The van der Waals surface area contributed by atoms with Crippen LogP contribution in [0.4, 0.5) is 11.4 Å². The Labute approximate surface area is 169 Å². The van der Waals surface area contributed by atoms with Gasteiger partial charge >= 0.3 is 0 Å². The van der Waals surface area contributed by atoms with Crippen LogP contribution in [0.3, 0.4) is 0 Å². The fourth-order valence-corrected chi connectivity index (χ4v) is 4.06. The zero-order valence-electron chi connectivity index (χ0n) is 16.3. The lowest BCUT2D eigenvalue weighted by molar-refractivity contribution is -0.121. The monoisotopic (exact) mass is 380 g/mol. The van der Waals surface area contributed by atoms with Crippen molar-refractivity contribution in [3.05, 3.63) is 90.0 Å². The Kier molecular flexibility index (Phi) is 3.91. The first-order valence-corrected chi connectivity index (χ1v) is 9.63. The van der Waals surface area contributed by atoms with Crippen molar-refractivity contribution in [3.63, 3.8) is 0 Å². The van der Waals surface area contributed by atoms with Gasteiger partial charge in [0, 0.05) is 23.4 Å². The third-order valence-electron chi connectivity index (χ3n) is 5.61. The standard InChI is InChI=1S/C24H20N4O/c1-24(2)20-9-5-6-10-22(20)28(23(24)29)18-11-16(13-25-15-18)12-21-19-8-4-3-7-17(19)14-26-27-21/h3-11,13-15H,12H2,1-2H3. The number of carbonyl (C=O) groups excluding carboxylic acids is 1. The Morgan fingerprint density at radius 2 is 1.76 bits per heavy atom. The van der Waals surface area contributed by atoms with Crippen molar-refractivity contribution in [2.24, 2.45) is 0 Å². The highest BCUT2D eigenvalue weighted by molar-refractivity contribution is 6.12. The summed E-state index contributed by atoms with van der Waals surface area (Å²) in [5.41, 5.74) is 4.06. The zero-order chi connectivity index (χ0) is 20.0. The van der Waals surface area contributed by atoms with Crippen molar-refractivity contribution in [1.82, 2.24) is 15.2 Å². The molecule has 5 heteroatoms. The van der Waals surface area contributed by atoms with Crippen molar-refractivity contribution < 1.29 is 4.79 Å². The summed E-state index contributed by atoms with van der Waals surface area (Å²) < 4.78 is 0. The molecule has 142 valence electrons. The van der Waals surface area contributed by atoms with E-state index in [2.05, 4.69) is 21.2 Å². The largest absolute Gasteiger partial charge is 0.278 e. The van der Waals surface area contributed by atoms with E-state index in [4.69, 9.17) is 0 Å². The topological polar surface area (TPSA) is 59.0 Å². The van der Waals surface area contributed by atoms with E-state index < -0.39 is 5.41 Å². The van der Waals surface area contributed by atoms with Gasteiger partial charge in [-0.3, -0.25) is 14.7 Å². The van der Waals surface area contributed by atoms with Gasteiger partial charge in [0.15, 0.2) is 0 Å². The van der Waals surface area contributed by atoms with Crippen LogP contribution >= 0.6 is 0 Å². The number of pyridine rings is 1. The molecule has 0 radical (unpaired) electrons. The lowest BCUT2D eigenvalue weighted by atomic mass is 9.86. The van der Waals surface area contributed by atoms with Gasteiger partial charge < -0.3 is 0 Å². The number of hydrogen-bond donors (Lipinski definition) is 0. The fraction of sp³-hybridized carbons (Fsp3) is 0.167. The van der Waals surface area contributed by atoms with E-state index in [9.17, 15) is 4.79 Å². The van der Waals surface area contributed by atoms with Crippen LogP contribution in [0.5, 0.6) is 0 Å². The van der Waals surface area contributed by atoms with Crippen LogP contribution in [0, 0.1) is 0 Å². The van der Waals surface area contributed by atoms with Crippen LogP contribution in [-0.2, 0) is 16.6 Å². The molecule has 0 fully saturated rings. The van der Waals surface area contributed by atoms with Crippen LogP contribution in [0.2, 0.25) is 0 Å². The minimum absolute atomic E-state index is 0.0580. The number of hydrogen-bond acceptors (Lipinski definition) is 4. The molecule has 0 aliphatic carbocycles. The number of nitrogens with zero attached hydrogens (tertiary/aromatic N) is 4. The van der Waals surface area contributed by atoms with E-state index >= 15 is 0 Å². The molecule has 4 aromatic rings. The predicted molar refractivity (Wildman–Crippen MR) is 113 cm³/mol. The van der Waals surface area contributed by atoms with E-state index in [1.165, 1.54) is 0 Å². The molecule has 0 unspecified atom stereocenters. The van der Waals surface area contributed by atoms with Crippen molar-refractivity contribution in [3.8, 4) is 0 Å². The molecule has 5 rings (SSSR count). The molecular weight excluding hydrogens is 360 g/mol. The average molecular weight is 380 g/mol. The summed E-state index contributed by atoms with van der Waals surface area (Å²) in [6.45, 7) is 3.94. The Morgan fingerprint density at radius 3 is 2.66 bits per heavy atom. The molecular formula is C24H20N4O. The van der Waals surface area contributed by atoms with Crippen LogP contribution in [-0.4, -0.2) is 21.1 Å². The van der Waals surface area contributed by atoms with E-state index in [-0.39, 0.29) is 5.91 Å². The molecule has 0 saturated carbocycles. The second-order valence-corrected chi connectivity index (χ2v) is 7.89. The minimum Gasteiger partial charge on any atom is -0.278 e. The molecule has 3 heterocycles. The Bertz CT molecular complexity index is 1240. The molecule has 0 atom stereocenters.